The molecule has 3 heteroatoms. The first-order chi connectivity index (χ1) is 9.28. The molecule has 0 aromatic heterocycles. The third-order valence-electron chi connectivity index (χ3n) is 3.47. The summed E-state index contributed by atoms with van der Waals surface area (Å²) in [7, 11) is 1.68. The Labute approximate surface area is 115 Å². The average Bonchev–Trinajstić information content (AvgIpc) is 2.84. The lowest BCUT2D eigenvalue weighted by molar-refractivity contribution is -0.173. The fourth-order valence-electron chi connectivity index (χ4n) is 2.45. The summed E-state index contributed by atoms with van der Waals surface area (Å²) in [6.07, 6.45) is 4.44. The molecule has 0 spiro atoms. The van der Waals surface area contributed by atoms with Crippen molar-refractivity contribution in [2.75, 3.05) is 13.7 Å². The van der Waals surface area contributed by atoms with Crippen molar-refractivity contribution in [3.05, 3.63) is 48.6 Å². The SMILES string of the molecule is C=CC[C@]1(COCc2ccccc2)CC[C@H](OC)O1. The maximum atomic E-state index is 5.96. The largest absolute Gasteiger partial charge is 0.374 e. The Kier molecular flexibility index (Phi) is 5.14. The highest BCUT2D eigenvalue weighted by molar-refractivity contribution is 5.13. The summed E-state index contributed by atoms with van der Waals surface area (Å²) >= 11 is 0. The van der Waals surface area contributed by atoms with Gasteiger partial charge in [-0.05, 0) is 18.4 Å². The first kappa shape index (κ1) is 14.3. The van der Waals surface area contributed by atoms with Gasteiger partial charge in [-0.25, -0.2) is 0 Å². The lowest BCUT2D eigenvalue weighted by Gasteiger charge is -2.27. The predicted molar refractivity (Wildman–Crippen MR) is 74.8 cm³/mol. The summed E-state index contributed by atoms with van der Waals surface area (Å²) in [5.41, 5.74) is 0.912. The van der Waals surface area contributed by atoms with Gasteiger partial charge in [0.15, 0.2) is 6.29 Å². The van der Waals surface area contributed by atoms with Gasteiger partial charge in [0.05, 0.1) is 18.8 Å². The van der Waals surface area contributed by atoms with Crippen molar-refractivity contribution in [1.29, 1.82) is 0 Å². The quantitative estimate of drug-likeness (QED) is 0.706. The molecule has 0 amide bonds. The van der Waals surface area contributed by atoms with Gasteiger partial charge in [0.2, 0.25) is 0 Å². The molecular weight excluding hydrogens is 240 g/mol. The predicted octanol–water partition coefficient (Wildman–Crippen LogP) is 3.30. The Morgan fingerprint density at radius 3 is 2.84 bits per heavy atom. The topological polar surface area (TPSA) is 27.7 Å². The second-order valence-electron chi connectivity index (χ2n) is 4.98. The maximum absolute atomic E-state index is 5.96. The summed E-state index contributed by atoms with van der Waals surface area (Å²) in [5.74, 6) is 0. The highest BCUT2D eigenvalue weighted by atomic mass is 16.7. The van der Waals surface area contributed by atoms with Crippen LogP contribution in [0.2, 0.25) is 0 Å². The Balaban J connectivity index is 1.86. The van der Waals surface area contributed by atoms with Crippen LogP contribution in [0, 0.1) is 0 Å². The molecule has 2 rings (SSSR count). The molecule has 1 fully saturated rings. The van der Waals surface area contributed by atoms with Gasteiger partial charge in [0, 0.05) is 13.5 Å². The molecule has 3 nitrogen and oxygen atoms in total. The van der Waals surface area contributed by atoms with Gasteiger partial charge >= 0.3 is 0 Å². The van der Waals surface area contributed by atoms with E-state index in [-0.39, 0.29) is 11.9 Å². The molecule has 1 aromatic rings. The van der Waals surface area contributed by atoms with Crippen molar-refractivity contribution in [1.82, 2.24) is 0 Å². The average molecular weight is 262 g/mol. The molecule has 0 bridgehead atoms. The van der Waals surface area contributed by atoms with E-state index >= 15 is 0 Å². The number of rotatable bonds is 7. The second kappa shape index (κ2) is 6.85. The summed E-state index contributed by atoms with van der Waals surface area (Å²) in [5, 5.41) is 0. The highest BCUT2D eigenvalue weighted by Crippen LogP contribution is 2.34. The van der Waals surface area contributed by atoms with E-state index in [1.807, 2.05) is 24.3 Å². The van der Waals surface area contributed by atoms with Crippen molar-refractivity contribution in [2.45, 2.75) is 37.8 Å². The smallest absolute Gasteiger partial charge is 0.158 e. The van der Waals surface area contributed by atoms with Crippen LogP contribution < -0.4 is 0 Å². The molecule has 1 aromatic carbocycles. The summed E-state index contributed by atoms with van der Waals surface area (Å²) in [4.78, 5) is 0. The Hall–Kier alpha value is -1.16. The van der Waals surface area contributed by atoms with E-state index in [0.717, 1.165) is 19.3 Å². The molecular formula is C16H22O3. The van der Waals surface area contributed by atoms with Crippen molar-refractivity contribution < 1.29 is 14.2 Å². The van der Waals surface area contributed by atoms with E-state index in [1.54, 1.807) is 7.11 Å². The third-order valence-corrected chi connectivity index (χ3v) is 3.47. The van der Waals surface area contributed by atoms with Crippen molar-refractivity contribution in [2.24, 2.45) is 0 Å². The second-order valence-corrected chi connectivity index (χ2v) is 4.98. The van der Waals surface area contributed by atoms with Gasteiger partial charge in [-0.3, -0.25) is 0 Å². The Morgan fingerprint density at radius 2 is 2.21 bits per heavy atom. The van der Waals surface area contributed by atoms with Crippen LogP contribution in [0.4, 0.5) is 0 Å². The molecule has 104 valence electrons. The minimum atomic E-state index is -0.267. The number of benzene rings is 1. The minimum absolute atomic E-state index is 0.111. The fraction of sp³-hybridized carbons (Fsp3) is 0.500. The van der Waals surface area contributed by atoms with Gasteiger partial charge in [0.1, 0.15) is 0 Å². The lowest BCUT2D eigenvalue weighted by Crippen LogP contribution is -2.34. The van der Waals surface area contributed by atoms with Gasteiger partial charge < -0.3 is 14.2 Å². The molecule has 0 unspecified atom stereocenters. The van der Waals surface area contributed by atoms with E-state index in [4.69, 9.17) is 14.2 Å². The number of methoxy groups -OCH3 is 1. The Morgan fingerprint density at radius 1 is 1.42 bits per heavy atom. The van der Waals surface area contributed by atoms with Crippen LogP contribution in [0.25, 0.3) is 0 Å². The zero-order valence-electron chi connectivity index (χ0n) is 11.5. The molecule has 1 saturated heterocycles. The molecule has 0 saturated carbocycles. The van der Waals surface area contributed by atoms with E-state index in [9.17, 15) is 0 Å². The van der Waals surface area contributed by atoms with Crippen LogP contribution in [-0.4, -0.2) is 25.6 Å². The molecule has 2 atom stereocenters. The van der Waals surface area contributed by atoms with E-state index in [0.29, 0.717) is 13.2 Å². The van der Waals surface area contributed by atoms with Gasteiger partial charge in [-0.1, -0.05) is 36.4 Å². The Bertz CT molecular complexity index is 390. The molecule has 1 heterocycles. The monoisotopic (exact) mass is 262 g/mol. The number of ether oxygens (including phenoxy) is 3. The standard InChI is InChI=1S/C16H22O3/c1-3-10-16(11-9-15(17-2)19-16)13-18-12-14-7-5-4-6-8-14/h3-8,15H,1,9-13H2,2H3/t15-,16-/m1/s1. The van der Waals surface area contributed by atoms with E-state index in [2.05, 4.69) is 18.7 Å². The van der Waals surface area contributed by atoms with Crippen molar-refractivity contribution in [3.63, 3.8) is 0 Å². The van der Waals surface area contributed by atoms with Crippen molar-refractivity contribution >= 4 is 0 Å². The molecule has 1 aliphatic heterocycles. The minimum Gasteiger partial charge on any atom is -0.374 e. The summed E-state index contributed by atoms with van der Waals surface area (Å²) in [6.45, 7) is 5.00. The lowest BCUT2D eigenvalue weighted by atomic mass is 9.97. The van der Waals surface area contributed by atoms with Gasteiger partial charge in [-0.2, -0.15) is 0 Å². The zero-order chi connectivity index (χ0) is 13.6. The highest BCUT2D eigenvalue weighted by Gasteiger charge is 2.39. The summed E-state index contributed by atoms with van der Waals surface area (Å²) in [6, 6.07) is 10.2. The van der Waals surface area contributed by atoms with Crippen LogP contribution in [0.15, 0.2) is 43.0 Å². The molecule has 1 aliphatic rings. The van der Waals surface area contributed by atoms with Crippen LogP contribution in [0.1, 0.15) is 24.8 Å². The van der Waals surface area contributed by atoms with Gasteiger partial charge in [0.25, 0.3) is 0 Å². The molecule has 0 aliphatic carbocycles. The van der Waals surface area contributed by atoms with E-state index in [1.165, 1.54) is 5.56 Å². The molecule has 0 radical (unpaired) electrons. The molecule has 19 heavy (non-hydrogen) atoms. The summed E-state index contributed by atoms with van der Waals surface area (Å²) < 4.78 is 17.0. The first-order valence-electron chi connectivity index (χ1n) is 6.71. The van der Waals surface area contributed by atoms with Crippen LogP contribution in [-0.2, 0) is 20.8 Å². The normalized spacial score (nSPS) is 26.5. The van der Waals surface area contributed by atoms with Crippen LogP contribution >= 0.6 is 0 Å². The van der Waals surface area contributed by atoms with Crippen LogP contribution in [0.5, 0.6) is 0 Å². The first-order valence-corrected chi connectivity index (χ1v) is 6.71. The van der Waals surface area contributed by atoms with Crippen molar-refractivity contribution in [3.8, 4) is 0 Å². The maximum Gasteiger partial charge on any atom is 0.158 e. The number of hydrogen-bond acceptors (Lipinski definition) is 3. The third kappa shape index (κ3) is 3.90. The van der Waals surface area contributed by atoms with Gasteiger partial charge in [-0.15, -0.1) is 6.58 Å². The molecule has 0 N–H and O–H groups in total. The zero-order valence-corrected chi connectivity index (χ0v) is 11.5. The number of hydrogen-bond donors (Lipinski definition) is 0. The van der Waals surface area contributed by atoms with Crippen LogP contribution in [0.3, 0.4) is 0 Å². The van der Waals surface area contributed by atoms with E-state index < -0.39 is 0 Å². The fourth-order valence-corrected chi connectivity index (χ4v) is 2.45.